The molecule has 1 heterocycles. The van der Waals surface area contributed by atoms with Gasteiger partial charge in [-0.25, -0.2) is 0 Å². The zero-order valence-corrected chi connectivity index (χ0v) is 21.5. The van der Waals surface area contributed by atoms with Crippen LogP contribution in [0.4, 0.5) is 11.4 Å². The number of nitrogens with zero attached hydrogens (tertiary/aromatic N) is 2. The second-order valence-electron chi connectivity index (χ2n) is 9.52. The van der Waals surface area contributed by atoms with Crippen molar-refractivity contribution in [2.75, 3.05) is 11.9 Å². The van der Waals surface area contributed by atoms with Crippen molar-refractivity contribution in [3.63, 3.8) is 0 Å². The maximum atomic E-state index is 2.38. The number of anilines is 2. The van der Waals surface area contributed by atoms with E-state index in [0.29, 0.717) is 0 Å². The molecule has 0 spiro atoms. The van der Waals surface area contributed by atoms with Crippen LogP contribution in [0.15, 0.2) is 127 Å². The molecule has 0 bridgehead atoms. The maximum absolute atomic E-state index is 2.38. The van der Waals surface area contributed by atoms with Crippen molar-refractivity contribution in [2.24, 2.45) is 0 Å². The van der Waals surface area contributed by atoms with Crippen molar-refractivity contribution >= 4 is 49.7 Å². The zero-order valence-electron chi connectivity index (χ0n) is 21.5. The van der Waals surface area contributed by atoms with Crippen LogP contribution in [0.25, 0.3) is 49.4 Å². The molecule has 0 unspecified atom stereocenters. The Labute approximate surface area is 218 Å². The van der Waals surface area contributed by atoms with Crippen LogP contribution in [0.1, 0.15) is 13.8 Å². The van der Waals surface area contributed by atoms with E-state index in [0.717, 1.165) is 0 Å². The molecule has 6 rings (SSSR count). The average molecular weight is 479 g/mol. The van der Waals surface area contributed by atoms with E-state index >= 15 is 0 Å². The molecule has 0 aliphatic carbocycles. The number of hydrogen-bond acceptors (Lipinski definition) is 1. The van der Waals surface area contributed by atoms with E-state index in [4.69, 9.17) is 0 Å². The smallest absolute Gasteiger partial charge is 0.0539 e. The van der Waals surface area contributed by atoms with Crippen LogP contribution in [0.3, 0.4) is 0 Å². The fraction of sp³-hybridized carbons (Fsp3) is 0.0857. The first-order valence-electron chi connectivity index (χ1n) is 12.8. The summed E-state index contributed by atoms with van der Waals surface area (Å²) in [4.78, 5) is 2.25. The van der Waals surface area contributed by atoms with Gasteiger partial charge in [-0.2, -0.15) is 0 Å². The Bertz CT molecular complexity index is 1800. The van der Waals surface area contributed by atoms with Crippen molar-refractivity contribution in [3.05, 3.63) is 127 Å². The first kappa shape index (κ1) is 22.9. The molecule has 0 atom stereocenters. The second-order valence-corrected chi connectivity index (χ2v) is 9.52. The SMILES string of the molecule is C/C=C\C=C(/C)n1c2ccc(-c3cccc4ccccc34)cc2c2cc(N(C)c3ccccc3)ccc21. The van der Waals surface area contributed by atoms with Crippen LogP contribution in [0.5, 0.6) is 0 Å². The molecule has 1 aromatic heterocycles. The van der Waals surface area contributed by atoms with Gasteiger partial charge in [0.25, 0.3) is 0 Å². The zero-order chi connectivity index (χ0) is 25.4. The lowest BCUT2D eigenvalue weighted by molar-refractivity contribution is 1.19. The number of rotatable bonds is 5. The molecule has 5 aromatic carbocycles. The molecule has 0 aliphatic rings. The lowest BCUT2D eigenvalue weighted by Gasteiger charge is -2.19. The van der Waals surface area contributed by atoms with Gasteiger partial charge < -0.3 is 9.47 Å². The first-order chi connectivity index (χ1) is 18.2. The number of benzene rings is 5. The third-order valence-electron chi connectivity index (χ3n) is 7.26. The van der Waals surface area contributed by atoms with E-state index in [9.17, 15) is 0 Å². The number of para-hydroxylation sites is 1. The largest absolute Gasteiger partial charge is 0.345 e. The predicted octanol–water partition coefficient (Wildman–Crippen LogP) is 9.82. The van der Waals surface area contributed by atoms with Gasteiger partial charge in [0.05, 0.1) is 11.0 Å². The second kappa shape index (κ2) is 9.48. The molecular formula is C35H30N2. The fourth-order valence-corrected chi connectivity index (χ4v) is 5.36. The van der Waals surface area contributed by atoms with Crippen LogP contribution >= 0.6 is 0 Å². The monoisotopic (exact) mass is 478 g/mol. The summed E-state index contributed by atoms with van der Waals surface area (Å²) in [5.41, 5.74) is 8.47. The van der Waals surface area contributed by atoms with E-state index in [1.807, 2.05) is 0 Å². The van der Waals surface area contributed by atoms with Crippen molar-refractivity contribution in [3.8, 4) is 11.1 Å². The number of fused-ring (bicyclic) bond motifs is 4. The molecule has 180 valence electrons. The lowest BCUT2D eigenvalue weighted by atomic mass is 9.97. The Hall–Kier alpha value is -4.56. The number of hydrogen-bond donors (Lipinski definition) is 0. The summed E-state index contributed by atoms with van der Waals surface area (Å²) in [6.45, 7) is 4.24. The molecule has 0 aliphatic heterocycles. The molecule has 6 aromatic rings. The molecule has 0 amide bonds. The Morgan fingerprint density at radius 3 is 2.19 bits per heavy atom. The summed E-state index contributed by atoms with van der Waals surface area (Å²) < 4.78 is 2.38. The Kier molecular flexibility index (Phi) is 5.86. The molecule has 0 saturated heterocycles. The quantitative estimate of drug-likeness (QED) is 0.224. The summed E-state index contributed by atoms with van der Waals surface area (Å²) in [7, 11) is 2.13. The maximum Gasteiger partial charge on any atom is 0.0539 e. The summed E-state index contributed by atoms with van der Waals surface area (Å²) in [5, 5.41) is 5.06. The minimum absolute atomic E-state index is 1.17. The van der Waals surface area contributed by atoms with Crippen LogP contribution in [-0.4, -0.2) is 11.6 Å². The van der Waals surface area contributed by atoms with Crippen molar-refractivity contribution < 1.29 is 0 Å². The summed E-state index contributed by atoms with van der Waals surface area (Å²) in [5.74, 6) is 0. The van der Waals surface area contributed by atoms with Gasteiger partial charge in [0, 0.05) is 34.9 Å². The number of aromatic nitrogens is 1. The van der Waals surface area contributed by atoms with E-state index in [-0.39, 0.29) is 0 Å². The van der Waals surface area contributed by atoms with Crippen molar-refractivity contribution in [1.29, 1.82) is 0 Å². The van der Waals surface area contributed by atoms with Gasteiger partial charge in [0.15, 0.2) is 0 Å². The molecule has 37 heavy (non-hydrogen) atoms. The molecule has 2 heteroatoms. The van der Waals surface area contributed by atoms with Crippen LogP contribution in [0.2, 0.25) is 0 Å². The average Bonchev–Trinajstić information content (AvgIpc) is 3.28. The van der Waals surface area contributed by atoms with Crippen LogP contribution in [0, 0.1) is 0 Å². The molecule has 2 nitrogen and oxygen atoms in total. The van der Waals surface area contributed by atoms with E-state index < -0.39 is 0 Å². The Morgan fingerprint density at radius 1 is 0.676 bits per heavy atom. The third-order valence-corrected chi connectivity index (χ3v) is 7.26. The Morgan fingerprint density at radius 2 is 1.38 bits per heavy atom. The van der Waals surface area contributed by atoms with Gasteiger partial charge in [-0.3, -0.25) is 0 Å². The first-order valence-corrected chi connectivity index (χ1v) is 12.8. The molecule has 0 saturated carbocycles. The topological polar surface area (TPSA) is 8.17 Å². The fourth-order valence-electron chi connectivity index (χ4n) is 5.36. The van der Waals surface area contributed by atoms with Gasteiger partial charge in [0.1, 0.15) is 0 Å². The lowest BCUT2D eigenvalue weighted by Crippen LogP contribution is -2.08. The highest BCUT2D eigenvalue weighted by molar-refractivity contribution is 6.13. The molecule has 0 radical (unpaired) electrons. The predicted molar refractivity (Wildman–Crippen MR) is 162 cm³/mol. The van der Waals surface area contributed by atoms with Gasteiger partial charge in [0.2, 0.25) is 0 Å². The van der Waals surface area contributed by atoms with E-state index in [2.05, 4.69) is 158 Å². The van der Waals surface area contributed by atoms with Crippen LogP contribution < -0.4 is 4.90 Å². The van der Waals surface area contributed by atoms with Gasteiger partial charge in [-0.05, 0) is 84.3 Å². The van der Waals surface area contributed by atoms with Crippen molar-refractivity contribution in [2.45, 2.75) is 13.8 Å². The summed E-state index contributed by atoms with van der Waals surface area (Å²) in [6, 6.07) is 39.4. The van der Waals surface area contributed by atoms with E-state index in [1.165, 1.54) is 60.8 Å². The highest BCUT2D eigenvalue weighted by Gasteiger charge is 2.15. The summed E-state index contributed by atoms with van der Waals surface area (Å²) >= 11 is 0. The molecule has 0 fully saturated rings. The highest BCUT2D eigenvalue weighted by atomic mass is 15.1. The van der Waals surface area contributed by atoms with Gasteiger partial charge >= 0.3 is 0 Å². The molecule has 0 N–H and O–H groups in total. The minimum Gasteiger partial charge on any atom is -0.345 e. The minimum atomic E-state index is 1.17. The Balaban J connectivity index is 1.61. The van der Waals surface area contributed by atoms with E-state index in [1.54, 1.807) is 0 Å². The summed E-state index contributed by atoms with van der Waals surface area (Å²) in [6.07, 6.45) is 6.36. The standard InChI is InChI=1S/C35H30N2/c1-4-5-12-25(2)37-34-21-19-27(31-18-11-14-26-13-9-10-17-30(26)31)23-32(34)33-24-29(20-22-35(33)37)36(3)28-15-7-6-8-16-28/h4-24H,1-3H3/b5-4-,25-12+. The highest BCUT2D eigenvalue weighted by Crippen LogP contribution is 2.38. The van der Waals surface area contributed by atoms with Gasteiger partial charge in [-0.1, -0.05) is 78.9 Å². The van der Waals surface area contributed by atoms with Crippen molar-refractivity contribution in [1.82, 2.24) is 4.57 Å². The van der Waals surface area contributed by atoms with Gasteiger partial charge in [-0.15, -0.1) is 0 Å². The van der Waals surface area contributed by atoms with Crippen LogP contribution in [-0.2, 0) is 0 Å². The normalized spacial score (nSPS) is 12.2. The molecular weight excluding hydrogens is 448 g/mol. The number of allylic oxidation sites excluding steroid dienone is 4. The third kappa shape index (κ3) is 4.01.